The molecule has 1 saturated heterocycles. The van der Waals surface area contributed by atoms with Crippen LogP contribution in [0.1, 0.15) is 24.4 Å². The lowest BCUT2D eigenvalue weighted by Crippen LogP contribution is -2.29. The van der Waals surface area contributed by atoms with E-state index in [1.54, 1.807) is 12.1 Å². The first-order valence-electron chi connectivity index (χ1n) is 5.59. The number of ether oxygens (including phenoxy) is 1. The Bertz CT molecular complexity index is 322. The molecular formula is C12H17FN2O. The highest BCUT2D eigenvalue weighted by Gasteiger charge is 2.21. The number of rotatable bonds is 4. The van der Waals surface area contributed by atoms with Crippen molar-refractivity contribution in [1.82, 2.24) is 5.43 Å². The van der Waals surface area contributed by atoms with Crippen molar-refractivity contribution in [2.45, 2.75) is 18.9 Å². The number of hydrazine groups is 1. The Morgan fingerprint density at radius 3 is 2.75 bits per heavy atom. The molecule has 2 atom stereocenters. The van der Waals surface area contributed by atoms with Crippen LogP contribution < -0.4 is 11.3 Å². The molecule has 1 aromatic carbocycles. The van der Waals surface area contributed by atoms with E-state index in [0.717, 1.165) is 31.6 Å². The van der Waals surface area contributed by atoms with Crippen LogP contribution >= 0.6 is 0 Å². The SMILES string of the molecule is NNC(CC1CCOC1)c1ccc(F)cc1. The van der Waals surface area contributed by atoms with Gasteiger partial charge in [0.2, 0.25) is 0 Å². The van der Waals surface area contributed by atoms with Crippen molar-refractivity contribution in [3.63, 3.8) is 0 Å². The van der Waals surface area contributed by atoms with Crippen molar-refractivity contribution in [3.8, 4) is 0 Å². The first-order chi connectivity index (χ1) is 7.79. The molecule has 0 aliphatic carbocycles. The van der Waals surface area contributed by atoms with Gasteiger partial charge < -0.3 is 4.74 Å². The third-order valence-corrected chi connectivity index (χ3v) is 3.07. The van der Waals surface area contributed by atoms with E-state index in [-0.39, 0.29) is 11.9 Å². The molecule has 0 radical (unpaired) electrons. The van der Waals surface area contributed by atoms with Crippen LogP contribution in [-0.2, 0) is 4.74 Å². The van der Waals surface area contributed by atoms with E-state index in [1.807, 2.05) is 0 Å². The highest BCUT2D eigenvalue weighted by Crippen LogP contribution is 2.25. The summed E-state index contributed by atoms with van der Waals surface area (Å²) >= 11 is 0. The average molecular weight is 224 g/mol. The Kier molecular flexibility index (Phi) is 3.88. The van der Waals surface area contributed by atoms with Gasteiger partial charge in [0.1, 0.15) is 5.82 Å². The summed E-state index contributed by atoms with van der Waals surface area (Å²) < 4.78 is 18.1. The summed E-state index contributed by atoms with van der Waals surface area (Å²) in [7, 11) is 0. The second kappa shape index (κ2) is 5.39. The molecule has 1 heterocycles. The third-order valence-electron chi connectivity index (χ3n) is 3.07. The fourth-order valence-corrected chi connectivity index (χ4v) is 2.10. The van der Waals surface area contributed by atoms with Crippen molar-refractivity contribution in [3.05, 3.63) is 35.6 Å². The molecule has 3 nitrogen and oxygen atoms in total. The van der Waals surface area contributed by atoms with E-state index in [9.17, 15) is 4.39 Å². The first-order valence-corrected chi connectivity index (χ1v) is 5.59. The highest BCUT2D eigenvalue weighted by molar-refractivity contribution is 5.19. The Morgan fingerprint density at radius 2 is 2.19 bits per heavy atom. The molecule has 0 saturated carbocycles. The zero-order valence-electron chi connectivity index (χ0n) is 9.16. The van der Waals surface area contributed by atoms with Crippen LogP contribution in [0.5, 0.6) is 0 Å². The zero-order valence-corrected chi connectivity index (χ0v) is 9.16. The van der Waals surface area contributed by atoms with Crippen LogP contribution in [0.15, 0.2) is 24.3 Å². The quantitative estimate of drug-likeness (QED) is 0.605. The summed E-state index contributed by atoms with van der Waals surface area (Å²) in [6.45, 7) is 1.64. The maximum absolute atomic E-state index is 12.8. The van der Waals surface area contributed by atoms with Crippen LogP contribution in [0, 0.1) is 11.7 Å². The van der Waals surface area contributed by atoms with Crippen LogP contribution in [0.4, 0.5) is 4.39 Å². The topological polar surface area (TPSA) is 47.3 Å². The number of hydrogen-bond acceptors (Lipinski definition) is 3. The lowest BCUT2D eigenvalue weighted by molar-refractivity contribution is 0.181. The van der Waals surface area contributed by atoms with Gasteiger partial charge in [-0.15, -0.1) is 0 Å². The van der Waals surface area contributed by atoms with Gasteiger partial charge in [-0.25, -0.2) is 4.39 Å². The Labute approximate surface area is 94.8 Å². The fourth-order valence-electron chi connectivity index (χ4n) is 2.10. The predicted molar refractivity (Wildman–Crippen MR) is 60.0 cm³/mol. The normalized spacial score (nSPS) is 22.2. The molecule has 0 bridgehead atoms. The van der Waals surface area contributed by atoms with Gasteiger partial charge in [-0.2, -0.15) is 0 Å². The molecule has 88 valence electrons. The molecule has 1 fully saturated rings. The second-order valence-corrected chi connectivity index (χ2v) is 4.24. The van der Waals surface area contributed by atoms with Crippen molar-refractivity contribution in [2.24, 2.45) is 11.8 Å². The Balaban J connectivity index is 2.00. The third kappa shape index (κ3) is 2.78. The Hall–Kier alpha value is -0.970. The van der Waals surface area contributed by atoms with E-state index in [1.165, 1.54) is 12.1 Å². The van der Waals surface area contributed by atoms with Gasteiger partial charge in [-0.3, -0.25) is 11.3 Å². The molecule has 2 rings (SSSR count). The summed E-state index contributed by atoms with van der Waals surface area (Å²) in [4.78, 5) is 0. The van der Waals surface area contributed by atoms with Gasteiger partial charge in [-0.05, 0) is 36.5 Å². The van der Waals surface area contributed by atoms with E-state index in [4.69, 9.17) is 10.6 Å². The molecule has 2 unspecified atom stereocenters. The number of halogens is 1. The highest BCUT2D eigenvalue weighted by atomic mass is 19.1. The zero-order chi connectivity index (χ0) is 11.4. The van der Waals surface area contributed by atoms with Gasteiger partial charge in [0.05, 0.1) is 0 Å². The summed E-state index contributed by atoms with van der Waals surface area (Å²) in [6, 6.07) is 6.55. The van der Waals surface area contributed by atoms with Crippen LogP contribution in [0.25, 0.3) is 0 Å². The lowest BCUT2D eigenvalue weighted by atomic mass is 9.94. The number of benzene rings is 1. The standard InChI is InChI=1S/C12H17FN2O/c13-11-3-1-10(2-4-11)12(15-14)7-9-5-6-16-8-9/h1-4,9,12,15H,5-8,14H2. The minimum absolute atomic E-state index is 0.0762. The molecule has 16 heavy (non-hydrogen) atoms. The molecule has 0 amide bonds. The van der Waals surface area contributed by atoms with Gasteiger partial charge in [-0.1, -0.05) is 12.1 Å². The number of nitrogens with one attached hydrogen (secondary N) is 1. The summed E-state index contributed by atoms with van der Waals surface area (Å²) in [5, 5.41) is 0. The van der Waals surface area contributed by atoms with Crippen molar-refractivity contribution >= 4 is 0 Å². The largest absolute Gasteiger partial charge is 0.381 e. The number of hydrogen-bond donors (Lipinski definition) is 2. The molecule has 0 aromatic heterocycles. The smallest absolute Gasteiger partial charge is 0.123 e. The van der Waals surface area contributed by atoms with Crippen molar-refractivity contribution < 1.29 is 9.13 Å². The van der Waals surface area contributed by atoms with Crippen molar-refractivity contribution in [2.75, 3.05) is 13.2 Å². The van der Waals surface area contributed by atoms with E-state index >= 15 is 0 Å². The fraction of sp³-hybridized carbons (Fsp3) is 0.500. The molecule has 1 aromatic rings. The molecular weight excluding hydrogens is 207 g/mol. The molecule has 0 spiro atoms. The van der Waals surface area contributed by atoms with Crippen LogP contribution in [0.2, 0.25) is 0 Å². The average Bonchev–Trinajstić information content (AvgIpc) is 2.80. The summed E-state index contributed by atoms with van der Waals surface area (Å²) in [5.41, 5.74) is 3.81. The summed E-state index contributed by atoms with van der Waals surface area (Å²) in [5.74, 6) is 5.86. The Morgan fingerprint density at radius 1 is 1.44 bits per heavy atom. The maximum Gasteiger partial charge on any atom is 0.123 e. The minimum Gasteiger partial charge on any atom is -0.381 e. The predicted octanol–water partition coefficient (Wildman–Crippen LogP) is 1.76. The molecule has 4 heteroatoms. The maximum atomic E-state index is 12.8. The lowest BCUT2D eigenvalue weighted by Gasteiger charge is -2.19. The van der Waals surface area contributed by atoms with Gasteiger partial charge >= 0.3 is 0 Å². The van der Waals surface area contributed by atoms with Crippen LogP contribution in [-0.4, -0.2) is 13.2 Å². The minimum atomic E-state index is -0.219. The molecule has 3 N–H and O–H groups in total. The van der Waals surface area contributed by atoms with Gasteiger partial charge in [0.15, 0.2) is 0 Å². The van der Waals surface area contributed by atoms with E-state index < -0.39 is 0 Å². The molecule has 1 aliphatic heterocycles. The van der Waals surface area contributed by atoms with Crippen LogP contribution in [0.3, 0.4) is 0 Å². The number of nitrogens with two attached hydrogens (primary N) is 1. The second-order valence-electron chi connectivity index (χ2n) is 4.24. The van der Waals surface area contributed by atoms with E-state index in [2.05, 4.69) is 5.43 Å². The van der Waals surface area contributed by atoms with E-state index in [0.29, 0.717) is 5.92 Å². The monoisotopic (exact) mass is 224 g/mol. The van der Waals surface area contributed by atoms with Crippen molar-refractivity contribution in [1.29, 1.82) is 0 Å². The summed E-state index contributed by atoms with van der Waals surface area (Å²) in [6.07, 6.45) is 2.02. The first kappa shape index (κ1) is 11.5. The van der Waals surface area contributed by atoms with Gasteiger partial charge in [0.25, 0.3) is 0 Å². The van der Waals surface area contributed by atoms with Gasteiger partial charge in [0, 0.05) is 19.3 Å². The molecule has 1 aliphatic rings.